The van der Waals surface area contributed by atoms with E-state index in [0.29, 0.717) is 6.54 Å². The largest absolute Gasteiger partial charge is 0.348 e. The van der Waals surface area contributed by atoms with Gasteiger partial charge in [-0.2, -0.15) is 0 Å². The summed E-state index contributed by atoms with van der Waals surface area (Å²) in [6.07, 6.45) is 0. The van der Waals surface area contributed by atoms with Crippen LogP contribution in [0.3, 0.4) is 0 Å². The monoisotopic (exact) mass is 420 g/mol. The van der Waals surface area contributed by atoms with E-state index in [1.54, 1.807) is 12.1 Å². The van der Waals surface area contributed by atoms with Crippen LogP contribution in [0.4, 0.5) is 17.1 Å². The second-order valence-electron chi connectivity index (χ2n) is 6.42. The molecule has 0 aliphatic carbocycles. The Hall–Kier alpha value is -4.60. The number of nitro benzene ring substituents is 2. The summed E-state index contributed by atoms with van der Waals surface area (Å²) in [5, 5.41) is 27.3. The van der Waals surface area contributed by atoms with Crippen LogP contribution in [0.2, 0.25) is 0 Å². The summed E-state index contributed by atoms with van der Waals surface area (Å²) in [6, 6.07) is 18.1. The molecule has 156 valence electrons. The average molecular weight is 420 g/mol. The minimum absolute atomic E-state index is 0.241. The van der Waals surface area contributed by atoms with Gasteiger partial charge < -0.3 is 10.6 Å². The molecule has 0 spiro atoms. The third kappa shape index (κ3) is 5.26. The molecule has 0 bridgehead atoms. The highest BCUT2D eigenvalue weighted by Gasteiger charge is 2.24. The molecule has 31 heavy (non-hydrogen) atoms. The van der Waals surface area contributed by atoms with Crippen molar-refractivity contribution >= 4 is 28.9 Å². The van der Waals surface area contributed by atoms with Crippen molar-refractivity contribution in [2.24, 2.45) is 0 Å². The Morgan fingerprint density at radius 1 is 0.806 bits per heavy atom. The van der Waals surface area contributed by atoms with Gasteiger partial charge in [-0.25, -0.2) is 0 Å². The summed E-state index contributed by atoms with van der Waals surface area (Å²) in [5.41, 5.74) is -0.0824. The van der Waals surface area contributed by atoms with Gasteiger partial charge in [0.2, 0.25) is 0 Å². The summed E-state index contributed by atoms with van der Waals surface area (Å²) < 4.78 is 0. The van der Waals surface area contributed by atoms with Gasteiger partial charge in [0.15, 0.2) is 0 Å². The lowest BCUT2D eigenvalue weighted by Crippen LogP contribution is -2.23. The first-order valence-corrected chi connectivity index (χ1v) is 9.01. The van der Waals surface area contributed by atoms with E-state index in [0.717, 1.165) is 23.8 Å². The first-order valence-electron chi connectivity index (χ1n) is 9.01. The van der Waals surface area contributed by atoms with Crippen molar-refractivity contribution in [2.45, 2.75) is 6.54 Å². The standard InChI is InChI=1S/C21H16N4O6/c26-20(22-13-14-5-2-1-3-6-14)15-7-4-8-16(11-15)23-21(27)18-10-9-17(24(28)29)12-19(18)25(30)31/h1-12H,13H2,(H,22,26)(H,23,27). The van der Waals surface area contributed by atoms with E-state index in [9.17, 15) is 29.8 Å². The van der Waals surface area contributed by atoms with Crippen LogP contribution in [-0.4, -0.2) is 21.7 Å². The fourth-order valence-corrected chi connectivity index (χ4v) is 2.79. The SMILES string of the molecule is O=C(NCc1ccccc1)c1cccc(NC(=O)c2ccc([N+](=O)[O-])cc2[N+](=O)[O-])c1. The molecule has 2 N–H and O–H groups in total. The highest BCUT2D eigenvalue weighted by atomic mass is 16.6. The third-order valence-electron chi connectivity index (χ3n) is 4.31. The van der Waals surface area contributed by atoms with Gasteiger partial charge in [-0.15, -0.1) is 0 Å². The smallest absolute Gasteiger partial charge is 0.289 e. The van der Waals surface area contributed by atoms with Crippen molar-refractivity contribution in [2.75, 3.05) is 5.32 Å². The van der Waals surface area contributed by atoms with E-state index in [4.69, 9.17) is 0 Å². The van der Waals surface area contributed by atoms with Gasteiger partial charge >= 0.3 is 0 Å². The van der Waals surface area contributed by atoms with E-state index in [2.05, 4.69) is 10.6 Å². The fraction of sp³-hybridized carbons (Fsp3) is 0.0476. The lowest BCUT2D eigenvalue weighted by atomic mass is 10.1. The van der Waals surface area contributed by atoms with Crippen molar-refractivity contribution in [1.82, 2.24) is 5.32 Å². The molecule has 0 aliphatic rings. The Kier molecular flexibility index (Phi) is 6.31. The molecule has 3 rings (SSSR count). The Labute approximate surface area is 175 Å². The zero-order chi connectivity index (χ0) is 22.4. The van der Waals surface area contributed by atoms with E-state index in [1.807, 2.05) is 30.3 Å². The topological polar surface area (TPSA) is 144 Å². The molecule has 0 saturated carbocycles. The number of hydrogen-bond donors (Lipinski definition) is 2. The maximum absolute atomic E-state index is 12.5. The van der Waals surface area contributed by atoms with Crippen LogP contribution >= 0.6 is 0 Å². The molecule has 10 heteroatoms. The van der Waals surface area contributed by atoms with Crippen LogP contribution in [0.5, 0.6) is 0 Å². The number of rotatable bonds is 7. The van der Waals surface area contributed by atoms with Crippen LogP contribution in [0.25, 0.3) is 0 Å². The number of nitrogens with one attached hydrogen (secondary N) is 2. The summed E-state index contributed by atoms with van der Waals surface area (Å²) in [7, 11) is 0. The van der Waals surface area contributed by atoms with Crippen LogP contribution in [-0.2, 0) is 6.54 Å². The van der Waals surface area contributed by atoms with Gasteiger partial charge in [0, 0.05) is 23.9 Å². The molecule has 0 aliphatic heterocycles. The van der Waals surface area contributed by atoms with Crippen LogP contribution in [0.1, 0.15) is 26.3 Å². The number of carbonyl (C=O) groups excluding carboxylic acids is 2. The zero-order valence-electron chi connectivity index (χ0n) is 16.0. The number of hydrogen-bond acceptors (Lipinski definition) is 6. The molecule has 10 nitrogen and oxygen atoms in total. The number of amides is 2. The minimum atomic E-state index is -0.866. The zero-order valence-corrected chi connectivity index (χ0v) is 16.0. The minimum Gasteiger partial charge on any atom is -0.348 e. The second kappa shape index (κ2) is 9.27. The molecule has 0 aromatic heterocycles. The predicted octanol–water partition coefficient (Wildman–Crippen LogP) is 3.69. The Morgan fingerprint density at radius 2 is 1.55 bits per heavy atom. The summed E-state index contributed by atoms with van der Waals surface area (Å²) in [6.45, 7) is 0.325. The van der Waals surface area contributed by atoms with Crippen LogP contribution < -0.4 is 10.6 Å². The van der Waals surface area contributed by atoms with Crippen molar-refractivity contribution in [3.63, 3.8) is 0 Å². The number of nitro groups is 2. The molecule has 0 saturated heterocycles. The molecule has 3 aromatic rings. The van der Waals surface area contributed by atoms with Crippen LogP contribution in [0, 0.1) is 20.2 Å². The highest BCUT2D eigenvalue weighted by Crippen LogP contribution is 2.25. The van der Waals surface area contributed by atoms with Gasteiger partial charge in [0.05, 0.1) is 15.9 Å². The molecule has 0 unspecified atom stereocenters. The van der Waals surface area contributed by atoms with E-state index in [1.165, 1.54) is 12.1 Å². The molecule has 0 heterocycles. The third-order valence-corrected chi connectivity index (χ3v) is 4.31. The maximum atomic E-state index is 12.5. The Morgan fingerprint density at radius 3 is 2.23 bits per heavy atom. The fourth-order valence-electron chi connectivity index (χ4n) is 2.79. The summed E-state index contributed by atoms with van der Waals surface area (Å²) >= 11 is 0. The number of benzene rings is 3. The average Bonchev–Trinajstić information content (AvgIpc) is 2.77. The lowest BCUT2D eigenvalue weighted by molar-refractivity contribution is -0.394. The Bertz CT molecular complexity index is 1160. The van der Waals surface area contributed by atoms with Crippen molar-refractivity contribution < 1.29 is 19.4 Å². The first-order chi connectivity index (χ1) is 14.8. The number of carbonyl (C=O) groups is 2. The quantitative estimate of drug-likeness (QED) is 0.440. The highest BCUT2D eigenvalue weighted by molar-refractivity contribution is 6.07. The summed E-state index contributed by atoms with van der Waals surface area (Å²) in [5.74, 6) is -1.19. The van der Waals surface area contributed by atoms with Crippen molar-refractivity contribution in [1.29, 1.82) is 0 Å². The molecule has 3 aromatic carbocycles. The van der Waals surface area contributed by atoms with E-state index < -0.39 is 27.1 Å². The predicted molar refractivity (Wildman–Crippen MR) is 112 cm³/mol. The van der Waals surface area contributed by atoms with Crippen molar-refractivity contribution in [3.8, 4) is 0 Å². The van der Waals surface area contributed by atoms with E-state index >= 15 is 0 Å². The molecular formula is C21H16N4O6. The maximum Gasteiger partial charge on any atom is 0.289 e. The van der Waals surface area contributed by atoms with Gasteiger partial charge in [-0.05, 0) is 29.8 Å². The summed E-state index contributed by atoms with van der Waals surface area (Å²) in [4.78, 5) is 45.3. The molecule has 2 amide bonds. The van der Waals surface area contributed by atoms with Crippen LogP contribution in [0.15, 0.2) is 72.8 Å². The van der Waals surface area contributed by atoms with Gasteiger partial charge in [-0.3, -0.25) is 29.8 Å². The molecule has 0 radical (unpaired) electrons. The number of anilines is 1. The van der Waals surface area contributed by atoms with Gasteiger partial charge in [0.1, 0.15) is 5.56 Å². The second-order valence-corrected chi connectivity index (χ2v) is 6.42. The number of non-ortho nitro benzene ring substituents is 1. The van der Waals surface area contributed by atoms with Gasteiger partial charge in [0.25, 0.3) is 23.2 Å². The first kappa shape index (κ1) is 21.1. The molecule has 0 fully saturated rings. The lowest BCUT2D eigenvalue weighted by Gasteiger charge is -2.09. The number of nitrogens with zero attached hydrogens (tertiary/aromatic N) is 2. The molecule has 0 atom stereocenters. The van der Waals surface area contributed by atoms with Crippen molar-refractivity contribution in [3.05, 3.63) is 110 Å². The molecular weight excluding hydrogens is 404 g/mol. The normalized spacial score (nSPS) is 10.2. The Balaban J connectivity index is 1.75. The van der Waals surface area contributed by atoms with E-state index in [-0.39, 0.29) is 22.7 Å². The van der Waals surface area contributed by atoms with Gasteiger partial charge in [-0.1, -0.05) is 36.4 Å².